The lowest BCUT2D eigenvalue weighted by molar-refractivity contribution is 0.641. The molecular formula is C10H15N5. The molecule has 0 fully saturated rings. The van der Waals surface area contributed by atoms with E-state index in [4.69, 9.17) is 0 Å². The van der Waals surface area contributed by atoms with Crippen LogP contribution in [0.5, 0.6) is 0 Å². The quantitative estimate of drug-likeness (QED) is 0.796. The molecule has 0 aliphatic carbocycles. The summed E-state index contributed by atoms with van der Waals surface area (Å²) < 4.78 is 1.97. The molecule has 0 aliphatic heterocycles. The Kier molecular flexibility index (Phi) is 2.71. The molecule has 0 amide bonds. The fraction of sp³-hybridized carbons (Fsp3) is 0.400. The highest BCUT2D eigenvalue weighted by Crippen LogP contribution is 2.09. The van der Waals surface area contributed by atoms with Crippen molar-refractivity contribution in [1.29, 1.82) is 0 Å². The van der Waals surface area contributed by atoms with Crippen molar-refractivity contribution in [3.63, 3.8) is 0 Å². The SMILES string of the molecule is CCn1nc(NCc2ccn[nH]2)cc1C. The normalized spacial score (nSPS) is 10.5. The lowest BCUT2D eigenvalue weighted by Gasteiger charge is -1.99. The van der Waals surface area contributed by atoms with E-state index in [0.717, 1.165) is 24.6 Å². The second-order valence-electron chi connectivity index (χ2n) is 3.42. The summed E-state index contributed by atoms with van der Waals surface area (Å²) >= 11 is 0. The zero-order chi connectivity index (χ0) is 10.7. The van der Waals surface area contributed by atoms with Gasteiger partial charge in [0, 0.05) is 24.5 Å². The van der Waals surface area contributed by atoms with Gasteiger partial charge in [0.15, 0.2) is 0 Å². The van der Waals surface area contributed by atoms with Crippen LogP contribution in [0.3, 0.4) is 0 Å². The first kappa shape index (κ1) is 9.76. The van der Waals surface area contributed by atoms with Crippen LogP contribution in [0.25, 0.3) is 0 Å². The number of hydrogen-bond acceptors (Lipinski definition) is 3. The first-order chi connectivity index (χ1) is 7.29. The maximum absolute atomic E-state index is 4.40. The van der Waals surface area contributed by atoms with Crippen molar-refractivity contribution in [2.45, 2.75) is 26.9 Å². The van der Waals surface area contributed by atoms with Crippen molar-refractivity contribution < 1.29 is 0 Å². The van der Waals surface area contributed by atoms with Crippen LogP contribution < -0.4 is 5.32 Å². The highest BCUT2D eigenvalue weighted by Gasteiger charge is 2.02. The second kappa shape index (κ2) is 4.16. The molecule has 0 spiro atoms. The number of hydrogen-bond donors (Lipinski definition) is 2. The van der Waals surface area contributed by atoms with E-state index in [0.29, 0.717) is 0 Å². The van der Waals surface area contributed by atoms with Crippen molar-refractivity contribution >= 4 is 5.82 Å². The number of anilines is 1. The molecule has 2 N–H and O–H groups in total. The lowest BCUT2D eigenvalue weighted by atomic mass is 10.4. The first-order valence-corrected chi connectivity index (χ1v) is 5.06. The van der Waals surface area contributed by atoms with Gasteiger partial charge in [0.1, 0.15) is 5.82 Å². The van der Waals surface area contributed by atoms with Gasteiger partial charge in [-0.15, -0.1) is 0 Å². The molecule has 0 radical (unpaired) electrons. The van der Waals surface area contributed by atoms with Crippen LogP contribution in [0.4, 0.5) is 5.82 Å². The van der Waals surface area contributed by atoms with Crippen molar-refractivity contribution in [2.75, 3.05) is 5.32 Å². The summed E-state index contributed by atoms with van der Waals surface area (Å²) in [6.45, 7) is 5.76. The Hall–Kier alpha value is -1.78. The van der Waals surface area contributed by atoms with Gasteiger partial charge in [-0.1, -0.05) is 0 Å². The molecule has 5 heteroatoms. The molecule has 15 heavy (non-hydrogen) atoms. The van der Waals surface area contributed by atoms with Crippen molar-refractivity contribution in [3.05, 3.63) is 29.7 Å². The third kappa shape index (κ3) is 2.18. The number of aromatic amines is 1. The first-order valence-electron chi connectivity index (χ1n) is 5.06. The van der Waals surface area contributed by atoms with Crippen molar-refractivity contribution in [2.24, 2.45) is 0 Å². The third-order valence-electron chi connectivity index (χ3n) is 2.30. The van der Waals surface area contributed by atoms with Gasteiger partial charge in [-0.25, -0.2) is 0 Å². The molecule has 0 atom stereocenters. The van der Waals surface area contributed by atoms with Crippen LogP contribution in [0, 0.1) is 6.92 Å². The summed E-state index contributed by atoms with van der Waals surface area (Å²) in [5, 5.41) is 14.4. The van der Waals surface area contributed by atoms with Crippen LogP contribution in [-0.4, -0.2) is 20.0 Å². The number of nitrogens with zero attached hydrogens (tertiary/aromatic N) is 3. The molecule has 0 aromatic carbocycles. The second-order valence-corrected chi connectivity index (χ2v) is 3.42. The lowest BCUT2D eigenvalue weighted by Crippen LogP contribution is -2.02. The Balaban J connectivity index is 1.99. The monoisotopic (exact) mass is 205 g/mol. The van der Waals surface area contributed by atoms with E-state index in [1.165, 1.54) is 5.69 Å². The van der Waals surface area contributed by atoms with Crippen molar-refractivity contribution in [1.82, 2.24) is 20.0 Å². The molecule has 0 saturated heterocycles. The Morgan fingerprint density at radius 2 is 2.40 bits per heavy atom. The summed E-state index contributed by atoms with van der Waals surface area (Å²) in [7, 11) is 0. The van der Waals surface area contributed by atoms with Crippen LogP contribution in [0.2, 0.25) is 0 Å². The third-order valence-corrected chi connectivity index (χ3v) is 2.30. The van der Waals surface area contributed by atoms with Gasteiger partial charge < -0.3 is 5.32 Å². The number of rotatable bonds is 4. The number of aryl methyl sites for hydroxylation is 2. The Bertz CT molecular complexity index is 415. The number of H-pyrrole nitrogens is 1. The predicted octanol–water partition coefficient (Wildman–Crippen LogP) is 1.55. The molecule has 0 unspecified atom stereocenters. The predicted molar refractivity (Wildman–Crippen MR) is 58.6 cm³/mol. The topological polar surface area (TPSA) is 58.5 Å². The molecular weight excluding hydrogens is 190 g/mol. The summed E-state index contributed by atoms with van der Waals surface area (Å²) in [4.78, 5) is 0. The van der Waals surface area contributed by atoms with E-state index in [2.05, 4.69) is 34.5 Å². The largest absolute Gasteiger partial charge is 0.363 e. The minimum atomic E-state index is 0.722. The standard InChI is InChI=1S/C10H15N5/c1-3-15-8(2)6-10(14-15)11-7-9-4-5-12-13-9/h4-6H,3,7H2,1-2H3,(H,11,14)(H,12,13). The average molecular weight is 205 g/mol. The van der Waals surface area contributed by atoms with Gasteiger partial charge in [0.25, 0.3) is 0 Å². The van der Waals surface area contributed by atoms with E-state index in [1.54, 1.807) is 6.20 Å². The van der Waals surface area contributed by atoms with Gasteiger partial charge >= 0.3 is 0 Å². The molecule has 2 aromatic heterocycles. The summed E-state index contributed by atoms with van der Waals surface area (Å²) in [6, 6.07) is 3.98. The fourth-order valence-electron chi connectivity index (χ4n) is 1.49. The van der Waals surface area contributed by atoms with Crippen molar-refractivity contribution in [3.8, 4) is 0 Å². The Labute approximate surface area is 88.5 Å². The number of nitrogens with one attached hydrogen (secondary N) is 2. The highest BCUT2D eigenvalue weighted by molar-refractivity contribution is 5.35. The van der Waals surface area contributed by atoms with E-state index in [-0.39, 0.29) is 0 Å². The summed E-state index contributed by atoms with van der Waals surface area (Å²) in [6.07, 6.45) is 1.74. The van der Waals surface area contributed by atoms with Gasteiger partial charge in [0.2, 0.25) is 0 Å². The molecule has 80 valence electrons. The van der Waals surface area contributed by atoms with Gasteiger partial charge in [-0.2, -0.15) is 10.2 Å². The molecule has 5 nitrogen and oxygen atoms in total. The zero-order valence-corrected chi connectivity index (χ0v) is 8.99. The molecule has 0 aliphatic rings. The highest BCUT2D eigenvalue weighted by atomic mass is 15.3. The average Bonchev–Trinajstić information content (AvgIpc) is 2.83. The zero-order valence-electron chi connectivity index (χ0n) is 8.99. The maximum Gasteiger partial charge on any atom is 0.148 e. The van der Waals surface area contributed by atoms with Crippen LogP contribution >= 0.6 is 0 Å². The molecule has 2 aromatic rings. The minimum Gasteiger partial charge on any atom is -0.363 e. The van der Waals surface area contributed by atoms with E-state index >= 15 is 0 Å². The molecule has 2 rings (SSSR count). The van der Waals surface area contributed by atoms with E-state index in [9.17, 15) is 0 Å². The minimum absolute atomic E-state index is 0.722. The molecule has 0 bridgehead atoms. The summed E-state index contributed by atoms with van der Waals surface area (Å²) in [5.41, 5.74) is 2.23. The van der Waals surface area contributed by atoms with Crippen LogP contribution in [0.15, 0.2) is 18.3 Å². The summed E-state index contributed by atoms with van der Waals surface area (Å²) in [5.74, 6) is 0.906. The molecule has 2 heterocycles. The fourth-order valence-corrected chi connectivity index (χ4v) is 1.49. The Morgan fingerprint density at radius 3 is 3.00 bits per heavy atom. The molecule has 0 saturated carbocycles. The number of aromatic nitrogens is 4. The Morgan fingerprint density at radius 1 is 1.53 bits per heavy atom. The maximum atomic E-state index is 4.40. The van der Waals surface area contributed by atoms with Crippen LogP contribution in [0.1, 0.15) is 18.3 Å². The van der Waals surface area contributed by atoms with Gasteiger partial charge in [-0.05, 0) is 19.9 Å². The van der Waals surface area contributed by atoms with Crippen LogP contribution in [-0.2, 0) is 13.1 Å². The van der Waals surface area contributed by atoms with Gasteiger partial charge in [0.05, 0.1) is 12.2 Å². The van der Waals surface area contributed by atoms with Gasteiger partial charge in [-0.3, -0.25) is 9.78 Å². The van der Waals surface area contributed by atoms with E-state index < -0.39 is 0 Å². The smallest absolute Gasteiger partial charge is 0.148 e. The van der Waals surface area contributed by atoms with E-state index in [1.807, 2.05) is 16.8 Å².